The van der Waals surface area contributed by atoms with Crippen LogP contribution in [0.15, 0.2) is 12.4 Å². The molecule has 2 heterocycles. The Morgan fingerprint density at radius 1 is 1.27 bits per heavy atom. The Kier molecular flexibility index (Phi) is 4.90. The van der Waals surface area contributed by atoms with Gasteiger partial charge in [0.05, 0.1) is 22.5 Å². The molecule has 2 aromatic heterocycles. The van der Waals surface area contributed by atoms with Crippen LogP contribution in [0.25, 0.3) is 0 Å². The third kappa shape index (κ3) is 3.32. The first-order valence-corrected chi connectivity index (χ1v) is 7.76. The van der Waals surface area contributed by atoms with Gasteiger partial charge in [-0.15, -0.1) is 0 Å². The number of aryl methyl sites for hydroxylation is 3. The lowest BCUT2D eigenvalue weighted by Gasteiger charge is -2.17. The predicted octanol–water partition coefficient (Wildman–Crippen LogP) is 2.81. The van der Waals surface area contributed by atoms with Crippen LogP contribution in [0, 0.1) is 13.8 Å². The highest BCUT2D eigenvalue weighted by Crippen LogP contribution is 2.19. The second kappa shape index (κ2) is 6.52. The Hall–Kier alpha value is -1.82. The highest BCUT2D eigenvalue weighted by molar-refractivity contribution is 6.31. The van der Waals surface area contributed by atoms with Crippen molar-refractivity contribution in [2.75, 3.05) is 0 Å². The van der Waals surface area contributed by atoms with E-state index in [-0.39, 0.29) is 11.9 Å². The Bertz CT molecular complexity index is 656. The number of amides is 1. The molecule has 0 aliphatic rings. The fraction of sp³-hybridized carbons (Fsp3) is 0.533. The number of aromatic nitrogens is 4. The average molecular weight is 324 g/mol. The molecule has 0 saturated heterocycles. The number of rotatable bonds is 5. The zero-order chi connectivity index (χ0) is 16.4. The molecule has 0 saturated carbocycles. The largest absolute Gasteiger partial charge is 0.348 e. The van der Waals surface area contributed by atoms with Crippen LogP contribution in [-0.4, -0.2) is 25.5 Å². The van der Waals surface area contributed by atoms with Crippen molar-refractivity contribution in [2.45, 2.75) is 53.2 Å². The van der Waals surface area contributed by atoms with Crippen molar-refractivity contribution < 1.29 is 4.79 Å². The molecule has 1 amide bonds. The normalized spacial score (nSPS) is 13.9. The molecule has 0 bridgehead atoms. The van der Waals surface area contributed by atoms with Crippen LogP contribution in [-0.2, 0) is 11.3 Å². The third-order valence-corrected chi connectivity index (χ3v) is 4.14. The number of hydrogen-bond acceptors (Lipinski definition) is 3. The summed E-state index contributed by atoms with van der Waals surface area (Å²) in [6.45, 7) is 10.4. The number of halogens is 1. The zero-order valence-corrected chi connectivity index (χ0v) is 14.3. The molecule has 7 heteroatoms. The first kappa shape index (κ1) is 16.5. The van der Waals surface area contributed by atoms with Gasteiger partial charge >= 0.3 is 0 Å². The first-order valence-electron chi connectivity index (χ1n) is 7.39. The summed E-state index contributed by atoms with van der Waals surface area (Å²) in [5.41, 5.74) is 2.67. The first-order chi connectivity index (χ1) is 10.3. The summed E-state index contributed by atoms with van der Waals surface area (Å²) in [6.07, 6.45) is 3.64. The maximum atomic E-state index is 12.4. The van der Waals surface area contributed by atoms with Crippen molar-refractivity contribution in [1.29, 1.82) is 0 Å². The molecule has 2 rings (SSSR count). The maximum Gasteiger partial charge on any atom is 0.245 e. The minimum Gasteiger partial charge on any atom is -0.348 e. The van der Waals surface area contributed by atoms with Crippen LogP contribution < -0.4 is 5.32 Å². The van der Waals surface area contributed by atoms with Gasteiger partial charge in [0.2, 0.25) is 5.91 Å². The van der Waals surface area contributed by atoms with Crippen molar-refractivity contribution in [2.24, 2.45) is 0 Å². The summed E-state index contributed by atoms with van der Waals surface area (Å²) in [6, 6.07) is -0.530. The van der Waals surface area contributed by atoms with Crippen molar-refractivity contribution in [3.8, 4) is 0 Å². The molecule has 0 aliphatic carbocycles. The Morgan fingerprint density at radius 3 is 2.45 bits per heavy atom. The summed E-state index contributed by atoms with van der Waals surface area (Å²) in [5.74, 6) is -0.102. The predicted molar refractivity (Wildman–Crippen MR) is 85.9 cm³/mol. The number of nitrogens with one attached hydrogen (secondary N) is 1. The molecule has 6 nitrogen and oxygen atoms in total. The monoisotopic (exact) mass is 323 g/mol. The lowest BCUT2D eigenvalue weighted by atomic mass is 10.1. The number of carbonyl (C=O) groups excluding carboxylic acids is 1. The van der Waals surface area contributed by atoms with Crippen LogP contribution in [0.4, 0.5) is 0 Å². The van der Waals surface area contributed by atoms with Crippen molar-refractivity contribution >= 4 is 17.5 Å². The lowest BCUT2D eigenvalue weighted by Crippen LogP contribution is -2.33. The minimum absolute atomic E-state index is 0.102. The van der Waals surface area contributed by atoms with E-state index < -0.39 is 6.04 Å². The smallest absolute Gasteiger partial charge is 0.245 e. The van der Waals surface area contributed by atoms with Crippen LogP contribution in [0.5, 0.6) is 0 Å². The van der Waals surface area contributed by atoms with Crippen LogP contribution in [0.3, 0.4) is 0 Å². The van der Waals surface area contributed by atoms with E-state index in [1.807, 2.05) is 38.6 Å². The van der Waals surface area contributed by atoms with Crippen molar-refractivity contribution in [3.05, 3.63) is 34.4 Å². The summed E-state index contributed by atoms with van der Waals surface area (Å²) in [7, 11) is 0. The van der Waals surface area contributed by atoms with Crippen LogP contribution >= 0.6 is 11.6 Å². The van der Waals surface area contributed by atoms with E-state index in [0.29, 0.717) is 5.02 Å². The Balaban J connectivity index is 2.08. The van der Waals surface area contributed by atoms with Crippen LogP contribution in [0.2, 0.25) is 5.02 Å². The van der Waals surface area contributed by atoms with Gasteiger partial charge in [-0.05, 0) is 34.6 Å². The van der Waals surface area contributed by atoms with Crippen LogP contribution in [0.1, 0.15) is 49.8 Å². The van der Waals surface area contributed by atoms with Gasteiger partial charge in [-0.2, -0.15) is 10.2 Å². The van der Waals surface area contributed by atoms with Gasteiger partial charge in [-0.25, -0.2) is 0 Å². The highest BCUT2D eigenvalue weighted by atomic mass is 35.5. The molecule has 1 N–H and O–H groups in total. The topological polar surface area (TPSA) is 64.7 Å². The quantitative estimate of drug-likeness (QED) is 0.920. The summed E-state index contributed by atoms with van der Waals surface area (Å²) < 4.78 is 3.45. The molecule has 0 aromatic carbocycles. The van der Waals surface area contributed by atoms with Gasteiger partial charge in [0, 0.05) is 24.5 Å². The number of hydrogen-bond donors (Lipinski definition) is 1. The van der Waals surface area contributed by atoms with E-state index in [4.69, 9.17) is 11.6 Å². The fourth-order valence-electron chi connectivity index (χ4n) is 2.31. The summed E-state index contributed by atoms with van der Waals surface area (Å²) >= 11 is 5.99. The van der Waals surface area contributed by atoms with Gasteiger partial charge in [-0.1, -0.05) is 11.6 Å². The molecule has 0 spiro atoms. The zero-order valence-electron chi connectivity index (χ0n) is 13.6. The molecular weight excluding hydrogens is 302 g/mol. The van der Waals surface area contributed by atoms with E-state index >= 15 is 0 Å². The second-order valence-corrected chi connectivity index (χ2v) is 5.88. The average Bonchev–Trinajstić information content (AvgIpc) is 3.01. The third-order valence-electron chi connectivity index (χ3n) is 3.77. The van der Waals surface area contributed by atoms with E-state index in [2.05, 4.69) is 15.5 Å². The molecule has 2 aromatic rings. The van der Waals surface area contributed by atoms with E-state index in [1.165, 1.54) is 0 Å². The molecule has 0 aliphatic heterocycles. The Labute approximate surface area is 135 Å². The van der Waals surface area contributed by atoms with Crippen molar-refractivity contribution in [1.82, 2.24) is 24.9 Å². The lowest BCUT2D eigenvalue weighted by molar-refractivity contribution is -0.124. The maximum absolute atomic E-state index is 12.4. The Morgan fingerprint density at radius 2 is 1.95 bits per heavy atom. The van der Waals surface area contributed by atoms with E-state index in [0.717, 1.165) is 23.5 Å². The standard InChI is InChI=1S/C15H22ClN5O/c1-6-20-7-13(10(3)18-20)9(2)17-15(22)12(5)21-8-14(16)11(4)19-21/h7-9,12H,6H2,1-5H3,(H,17,22). The summed E-state index contributed by atoms with van der Waals surface area (Å²) in [4.78, 5) is 12.4. The highest BCUT2D eigenvalue weighted by Gasteiger charge is 2.21. The number of carbonyl (C=O) groups is 1. The van der Waals surface area contributed by atoms with Gasteiger partial charge in [0.25, 0.3) is 0 Å². The summed E-state index contributed by atoms with van der Waals surface area (Å²) in [5, 5.41) is 12.2. The molecule has 2 atom stereocenters. The van der Waals surface area contributed by atoms with E-state index in [9.17, 15) is 4.79 Å². The molecule has 2 unspecified atom stereocenters. The molecule has 22 heavy (non-hydrogen) atoms. The molecule has 0 radical (unpaired) electrons. The molecule has 0 fully saturated rings. The van der Waals surface area contributed by atoms with Gasteiger partial charge < -0.3 is 5.32 Å². The fourth-order valence-corrected chi connectivity index (χ4v) is 2.45. The number of nitrogens with zero attached hydrogens (tertiary/aromatic N) is 4. The van der Waals surface area contributed by atoms with Gasteiger partial charge in [0.15, 0.2) is 0 Å². The minimum atomic E-state index is -0.421. The SMILES string of the molecule is CCn1cc(C(C)NC(=O)C(C)n2cc(Cl)c(C)n2)c(C)n1. The molecular formula is C15H22ClN5O. The van der Waals surface area contributed by atoms with Gasteiger partial charge in [-0.3, -0.25) is 14.2 Å². The second-order valence-electron chi connectivity index (χ2n) is 5.47. The van der Waals surface area contributed by atoms with Gasteiger partial charge in [0.1, 0.15) is 6.04 Å². The van der Waals surface area contributed by atoms with Crippen molar-refractivity contribution in [3.63, 3.8) is 0 Å². The molecule has 120 valence electrons. The van der Waals surface area contributed by atoms with E-state index in [1.54, 1.807) is 17.8 Å².